The lowest BCUT2D eigenvalue weighted by Crippen LogP contribution is -2.34. The summed E-state index contributed by atoms with van der Waals surface area (Å²) in [5, 5.41) is 3.27. The first-order chi connectivity index (χ1) is 13.4. The van der Waals surface area contributed by atoms with Crippen LogP contribution in [-0.2, 0) is 24.2 Å². The summed E-state index contributed by atoms with van der Waals surface area (Å²) in [7, 11) is 0. The second-order valence-electron chi connectivity index (χ2n) is 7.02. The standard InChI is InChI=1S/C20H19F2N3O2S/c1-11(13-7-6-12(21)8-15(13)22)24-17(26)9-25-10-23-19-18(20(25)27)14-4-2-3-5-16(14)28-19/h6-8,10-11H,2-5,9H2,1H3,(H,24,26)/t11-/m1/s1. The molecule has 1 atom stereocenters. The Labute approximate surface area is 164 Å². The third-order valence-corrected chi connectivity index (χ3v) is 6.26. The molecule has 1 aliphatic rings. The van der Waals surface area contributed by atoms with Crippen molar-refractivity contribution in [3.05, 3.63) is 62.5 Å². The van der Waals surface area contributed by atoms with Crippen LogP contribution < -0.4 is 10.9 Å². The van der Waals surface area contributed by atoms with E-state index in [1.807, 2.05) is 0 Å². The lowest BCUT2D eigenvalue weighted by Gasteiger charge is -2.16. The number of aromatic nitrogens is 2. The van der Waals surface area contributed by atoms with Crippen LogP contribution in [0.3, 0.4) is 0 Å². The second-order valence-corrected chi connectivity index (χ2v) is 8.11. The van der Waals surface area contributed by atoms with E-state index >= 15 is 0 Å². The molecule has 2 heterocycles. The number of amides is 1. The fraction of sp³-hybridized carbons (Fsp3) is 0.350. The van der Waals surface area contributed by atoms with Crippen LogP contribution in [0.4, 0.5) is 8.78 Å². The van der Waals surface area contributed by atoms with E-state index in [1.165, 1.54) is 21.8 Å². The summed E-state index contributed by atoms with van der Waals surface area (Å²) in [6.45, 7) is 1.40. The van der Waals surface area contributed by atoms with Crippen molar-refractivity contribution in [2.24, 2.45) is 0 Å². The zero-order valence-corrected chi connectivity index (χ0v) is 16.1. The molecular formula is C20H19F2N3O2S. The molecule has 0 saturated carbocycles. The number of fused-ring (bicyclic) bond motifs is 3. The van der Waals surface area contributed by atoms with Crippen LogP contribution in [0.25, 0.3) is 10.2 Å². The zero-order valence-electron chi connectivity index (χ0n) is 15.3. The quantitative estimate of drug-likeness (QED) is 0.725. The highest BCUT2D eigenvalue weighted by Gasteiger charge is 2.21. The van der Waals surface area contributed by atoms with Crippen molar-refractivity contribution in [3.63, 3.8) is 0 Å². The molecule has 2 aromatic heterocycles. The number of rotatable bonds is 4. The third-order valence-electron chi connectivity index (χ3n) is 5.06. The molecule has 0 saturated heterocycles. The summed E-state index contributed by atoms with van der Waals surface area (Å²) in [6, 6.07) is 2.56. The largest absolute Gasteiger partial charge is 0.348 e. The van der Waals surface area contributed by atoms with Crippen molar-refractivity contribution in [1.82, 2.24) is 14.9 Å². The van der Waals surface area contributed by atoms with E-state index in [0.29, 0.717) is 5.39 Å². The summed E-state index contributed by atoms with van der Waals surface area (Å²) >= 11 is 1.55. The van der Waals surface area contributed by atoms with Crippen LogP contribution in [0.2, 0.25) is 0 Å². The summed E-state index contributed by atoms with van der Waals surface area (Å²) in [5.74, 6) is -1.84. The molecule has 0 spiro atoms. The molecule has 1 N–H and O–H groups in total. The minimum atomic E-state index is -0.724. The monoisotopic (exact) mass is 403 g/mol. The summed E-state index contributed by atoms with van der Waals surface area (Å²) in [6.07, 6.45) is 5.39. The van der Waals surface area contributed by atoms with Gasteiger partial charge in [-0.15, -0.1) is 11.3 Å². The number of nitrogens with zero attached hydrogens (tertiary/aromatic N) is 2. The highest BCUT2D eigenvalue weighted by atomic mass is 32.1. The highest BCUT2D eigenvalue weighted by molar-refractivity contribution is 7.18. The van der Waals surface area contributed by atoms with E-state index in [9.17, 15) is 18.4 Å². The minimum absolute atomic E-state index is 0.183. The van der Waals surface area contributed by atoms with Gasteiger partial charge in [0.1, 0.15) is 23.0 Å². The number of aryl methyl sites for hydroxylation is 2. The number of hydrogen-bond acceptors (Lipinski definition) is 4. The Bertz CT molecular complexity index is 1120. The molecule has 0 bridgehead atoms. The molecule has 0 unspecified atom stereocenters. The van der Waals surface area contributed by atoms with Gasteiger partial charge >= 0.3 is 0 Å². The number of benzene rings is 1. The fourth-order valence-electron chi connectivity index (χ4n) is 3.67. The van der Waals surface area contributed by atoms with Crippen LogP contribution >= 0.6 is 11.3 Å². The topological polar surface area (TPSA) is 64.0 Å². The fourth-order valence-corrected chi connectivity index (χ4v) is 4.89. The Morgan fingerprint density at radius 1 is 1.32 bits per heavy atom. The van der Waals surface area contributed by atoms with E-state index in [2.05, 4.69) is 10.3 Å². The van der Waals surface area contributed by atoms with E-state index < -0.39 is 23.6 Å². The van der Waals surface area contributed by atoms with Crippen LogP contribution in [-0.4, -0.2) is 15.5 Å². The predicted octanol–water partition coefficient (Wildman–Crippen LogP) is 3.49. The van der Waals surface area contributed by atoms with Gasteiger partial charge in [-0.2, -0.15) is 0 Å². The summed E-state index contributed by atoms with van der Waals surface area (Å²) in [5.41, 5.74) is 1.03. The molecule has 3 aromatic rings. The summed E-state index contributed by atoms with van der Waals surface area (Å²) in [4.78, 5) is 31.6. The van der Waals surface area contributed by atoms with Gasteiger partial charge in [-0.1, -0.05) is 6.07 Å². The van der Waals surface area contributed by atoms with Gasteiger partial charge in [-0.3, -0.25) is 14.2 Å². The van der Waals surface area contributed by atoms with Gasteiger partial charge in [0.25, 0.3) is 5.56 Å². The molecule has 0 radical (unpaired) electrons. The van der Waals surface area contributed by atoms with Crippen molar-refractivity contribution in [2.45, 2.75) is 45.2 Å². The smallest absolute Gasteiger partial charge is 0.262 e. The lowest BCUT2D eigenvalue weighted by atomic mass is 9.97. The molecule has 1 aromatic carbocycles. The van der Waals surface area contributed by atoms with Gasteiger partial charge < -0.3 is 5.32 Å². The van der Waals surface area contributed by atoms with Crippen molar-refractivity contribution in [2.75, 3.05) is 0 Å². The van der Waals surface area contributed by atoms with Crippen molar-refractivity contribution in [3.8, 4) is 0 Å². The highest BCUT2D eigenvalue weighted by Crippen LogP contribution is 2.33. The first-order valence-electron chi connectivity index (χ1n) is 9.18. The predicted molar refractivity (Wildman–Crippen MR) is 103 cm³/mol. The molecule has 4 rings (SSSR count). The molecule has 1 aliphatic carbocycles. The second kappa shape index (κ2) is 7.43. The Kier molecular flexibility index (Phi) is 4.97. The van der Waals surface area contributed by atoms with Crippen molar-refractivity contribution >= 4 is 27.5 Å². The number of thiophene rings is 1. The van der Waals surface area contributed by atoms with E-state index in [0.717, 1.165) is 48.2 Å². The van der Waals surface area contributed by atoms with Gasteiger partial charge in [0.15, 0.2) is 0 Å². The molecule has 146 valence electrons. The number of hydrogen-bond donors (Lipinski definition) is 1. The van der Waals surface area contributed by atoms with Gasteiger partial charge in [0.05, 0.1) is 17.8 Å². The van der Waals surface area contributed by atoms with E-state index in [1.54, 1.807) is 18.3 Å². The van der Waals surface area contributed by atoms with Gasteiger partial charge in [0.2, 0.25) is 5.91 Å². The van der Waals surface area contributed by atoms with E-state index in [4.69, 9.17) is 0 Å². The van der Waals surface area contributed by atoms with Crippen LogP contribution in [0.15, 0.2) is 29.3 Å². The molecule has 1 amide bonds. The number of carbonyl (C=O) groups is 1. The number of carbonyl (C=O) groups excluding carboxylic acids is 1. The zero-order chi connectivity index (χ0) is 19.8. The Morgan fingerprint density at radius 3 is 2.89 bits per heavy atom. The first-order valence-corrected chi connectivity index (χ1v) is 9.99. The van der Waals surface area contributed by atoms with Crippen LogP contribution in [0, 0.1) is 11.6 Å². The average Bonchev–Trinajstić information content (AvgIpc) is 3.03. The van der Waals surface area contributed by atoms with Crippen LogP contribution in [0.5, 0.6) is 0 Å². The molecule has 0 aliphatic heterocycles. The van der Waals surface area contributed by atoms with E-state index in [-0.39, 0.29) is 17.7 Å². The third kappa shape index (κ3) is 3.44. The van der Waals surface area contributed by atoms with Gasteiger partial charge in [0, 0.05) is 16.5 Å². The maximum atomic E-state index is 13.9. The average molecular weight is 403 g/mol. The minimum Gasteiger partial charge on any atom is -0.348 e. The Hall–Kier alpha value is -2.61. The molecule has 0 fully saturated rings. The Balaban J connectivity index is 1.55. The van der Waals surface area contributed by atoms with Crippen molar-refractivity contribution < 1.29 is 13.6 Å². The first kappa shape index (κ1) is 18.7. The Morgan fingerprint density at radius 2 is 2.11 bits per heavy atom. The molecular weight excluding hydrogens is 384 g/mol. The maximum absolute atomic E-state index is 13.9. The van der Waals surface area contributed by atoms with Gasteiger partial charge in [-0.05, 0) is 44.2 Å². The van der Waals surface area contributed by atoms with Crippen LogP contribution in [0.1, 0.15) is 41.8 Å². The molecule has 8 heteroatoms. The van der Waals surface area contributed by atoms with Gasteiger partial charge in [-0.25, -0.2) is 13.8 Å². The SMILES string of the molecule is C[C@@H](NC(=O)Cn1cnc2sc3c(c2c1=O)CCCC3)c1ccc(F)cc1F. The number of nitrogens with one attached hydrogen (secondary N) is 1. The lowest BCUT2D eigenvalue weighted by molar-refractivity contribution is -0.122. The van der Waals surface area contributed by atoms with Crippen molar-refractivity contribution in [1.29, 1.82) is 0 Å². The molecule has 28 heavy (non-hydrogen) atoms. The summed E-state index contributed by atoms with van der Waals surface area (Å²) < 4.78 is 28.2. The maximum Gasteiger partial charge on any atom is 0.262 e. The number of halogens is 2. The normalized spacial score (nSPS) is 14.7. The molecule has 5 nitrogen and oxygen atoms in total.